The first-order chi connectivity index (χ1) is 4.68. The van der Waals surface area contributed by atoms with Gasteiger partial charge in [-0.3, -0.25) is 0 Å². The van der Waals surface area contributed by atoms with Crippen molar-refractivity contribution in [2.45, 2.75) is 13.8 Å². The lowest BCUT2D eigenvalue weighted by Crippen LogP contribution is -1.49. The molecule has 0 atom stereocenters. The van der Waals surface area contributed by atoms with E-state index in [1.807, 2.05) is 13.2 Å². The fourth-order valence-electron chi connectivity index (χ4n) is 0. The van der Waals surface area contributed by atoms with Gasteiger partial charge in [-0.15, -0.1) is 24.1 Å². The summed E-state index contributed by atoms with van der Waals surface area (Å²) in [5.41, 5.74) is 0. The van der Waals surface area contributed by atoms with Gasteiger partial charge in [-0.05, 0) is 31.3 Å². The van der Waals surface area contributed by atoms with Crippen molar-refractivity contribution in [3.05, 3.63) is 11.5 Å². The van der Waals surface area contributed by atoms with Gasteiger partial charge in [0.15, 0.2) is 0 Å². The summed E-state index contributed by atoms with van der Waals surface area (Å²) in [5, 5.41) is 0. The minimum Gasteiger partial charge on any atom is -0.183 e. The van der Waals surface area contributed by atoms with Gasteiger partial charge < -0.3 is 0 Å². The second kappa shape index (κ2) is 23.0. The Morgan fingerprint density at radius 1 is 1.60 bits per heavy atom. The summed E-state index contributed by atoms with van der Waals surface area (Å²) in [5.74, 6) is 2.25. The van der Waals surface area contributed by atoms with Crippen molar-refractivity contribution in [1.82, 2.24) is 0 Å². The third-order valence-corrected chi connectivity index (χ3v) is 1.05. The molecule has 0 amide bonds. The minimum absolute atomic E-state index is 1.17. The second-order valence-corrected chi connectivity index (χ2v) is 2.30. The molecule has 0 nitrogen and oxygen atoms in total. The Kier molecular flexibility index (Phi) is 38.1. The monoisotopic (exact) mass is 176 g/mol. The summed E-state index contributed by atoms with van der Waals surface area (Å²) in [6, 6.07) is 0. The van der Waals surface area contributed by atoms with E-state index in [4.69, 9.17) is 0 Å². The maximum Gasteiger partial charge on any atom is -0.00297 e. The van der Waals surface area contributed by atoms with E-state index < -0.39 is 0 Å². The summed E-state index contributed by atoms with van der Waals surface area (Å²) < 4.78 is 0. The van der Waals surface area contributed by atoms with E-state index in [0.29, 0.717) is 0 Å². The average Bonchev–Trinajstić information content (AvgIpc) is 1.94. The maximum atomic E-state index is 4.60. The molecule has 0 aromatic carbocycles. The van der Waals surface area contributed by atoms with Gasteiger partial charge in [-0.2, -0.15) is 12.6 Å². The van der Waals surface area contributed by atoms with E-state index in [9.17, 15) is 0 Å². The number of hydrogen-bond donors (Lipinski definition) is 1. The van der Waals surface area contributed by atoms with E-state index >= 15 is 0 Å². The van der Waals surface area contributed by atoms with Crippen LogP contribution in [0.15, 0.2) is 11.5 Å². The van der Waals surface area contributed by atoms with Gasteiger partial charge in [-0.25, -0.2) is 0 Å². The van der Waals surface area contributed by atoms with Gasteiger partial charge in [-0.1, -0.05) is 6.58 Å². The molecule has 0 spiro atoms. The molecule has 0 heterocycles. The first-order valence-electron chi connectivity index (χ1n) is 2.70. The average molecular weight is 176 g/mol. The van der Waals surface area contributed by atoms with Crippen molar-refractivity contribution < 1.29 is 0 Å². The molecule has 2 heteroatoms. The predicted molar refractivity (Wildman–Crippen MR) is 57.7 cm³/mol. The SMILES string of the molecule is C#CC.C=C(C)SC.CS. The van der Waals surface area contributed by atoms with E-state index in [2.05, 4.69) is 31.6 Å². The fraction of sp³-hybridized carbons (Fsp3) is 0.500. The van der Waals surface area contributed by atoms with Crippen LogP contribution in [-0.2, 0) is 0 Å². The Morgan fingerprint density at radius 2 is 1.70 bits per heavy atom. The lowest BCUT2D eigenvalue weighted by atomic mass is 10.8. The van der Waals surface area contributed by atoms with Crippen LogP contribution in [0.3, 0.4) is 0 Å². The van der Waals surface area contributed by atoms with Crippen LogP contribution in [0.2, 0.25) is 0 Å². The number of thioether (sulfide) groups is 1. The summed E-state index contributed by atoms with van der Waals surface area (Å²) in [7, 11) is 0. The third kappa shape index (κ3) is 98.0. The van der Waals surface area contributed by atoms with Crippen molar-refractivity contribution in [3.8, 4) is 12.3 Å². The molecule has 0 N–H and O–H groups in total. The van der Waals surface area contributed by atoms with E-state index in [1.54, 1.807) is 24.9 Å². The quantitative estimate of drug-likeness (QED) is 0.473. The first kappa shape index (κ1) is 16.5. The summed E-state index contributed by atoms with van der Waals surface area (Å²) in [6.45, 7) is 7.28. The van der Waals surface area contributed by atoms with Crippen LogP contribution in [0.1, 0.15) is 13.8 Å². The van der Waals surface area contributed by atoms with E-state index in [0.717, 1.165) is 0 Å². The number of thiol groups is 1. The minimum atomic E-state index is 1.17. The fourth-order valence-corrected chi connectivity index (χ4v) is 0. The first-order valence-corrected chi connectivity index (χ1v) is 4.82. The third-order valence-electron chi connectivity index (χ3n) is 0.348. The van der Waals surface area contributed by atoms with Gasteiger partial charge in [0.2, 0.25) is 0 Å². The highest BCUT2D eigenvalue weighted by Crippen LogP contribution is 2.03. The Hall–Kier alpha value is -0.000000000000000111. The van der Waals surface area contributed by atoms with Crippen molar-refractivity contribution in [2.75, 3.05) is 12.5 Å². The Labute approximate surface area is 74.9 Å². The summed E-state index contributed by atoms with van der Waals surface area (Å²) >= 11 is 5.21. The zero-order valence-corrected chi connectivity index (χ0v) is 8.85. The molecule has 0 aromatic rings. The highest BCUT2D eigenvalue weighted by atomic mass is 32.2. The second-order valence-electron chi connectivity index (χ2n) is 1.19. The molecular weight excluding hydrogens is 160 g/mol. The van der Waals surface area contributed by atoms with Crippen molar-refractivity contribution >= 4 is 24.4 Å². The Morgan fingerprint density at radius 3 is 1.70 bits per heavy atom. The number of allylic oxidation sites excluding steroid dienone is 1. The highest BCUT2D eigenvalue weighted by molar-refractivity contribution is 8.02. The Balaban J connectivity index is -0.0000000847. The van der Waals surface area contributed by atoms with Crippen LogP contribution in [-0.4, -0.2) is 12.5 Å². The molecule has 0 aliphatic heterocycles. The molecule has 0 unspecified atom stereocenters. The van der Waals surface area contributed by atoms with E-state index in [-0.39, 0.29) is 0 Å². The molecule has 0 fully saturated rings. The molecule has 60 valence electrons. The van der Waals surface area contributed by atoms with Crippen LogP contribution in [0, 0.1) is 12.3 Å². The van der Waals surface area contributed by atoms with Gasteiger partial charge in [0.1, 0.15) is 0 Å². The molecule has 0 saturated carbocycles. The smallest absolute Gasteiger partial charge is 0.00297 e. The topological polar surface area (TPSA) is 0 Å². The molecule has 0 bridgehead atoms. The Bertz CT molecular complexity index is 89.9. The summed E-state index contributed by atoms with van der Waals surface area (Å²) in [6.07, 6.45) is 8.31. The van der Waals surface area contributed by atoms with Crippen LogP contribution in [0.4, 0.5) is 0 Å². The van der Waals surface area contributed by atoms with Crippen LogP contribution in [0.5, 0.6) is 0 Å². The molecule has 10 heavy (non-hydrogen) atoms. The highest BCUT2D eigenvalue weighted by Gasteiger charge is 1.67. The molecule has 0 aliphatic carbocycles. The molecular formula is C8H16S2. The zero-order chi connectivity index (χ0) is 8.99. The normalized spacial score (nSPS) is 5.20. The van der Waals surface area contributed by atoms with E-state index in [1.165, 1.54) is 4.91 Å². The van der Waals surface area contributed by atoms with Gasteiger partial charge in [0, 0.05) is 0 Å². The van der Waals surface area contributed by atoms with Gasteiger partial charge >= 0.3 is 0 Å². The lowest BCUT2D eigenvalue weighted by molar-refractivity contribution is 1.73. The summed E-state index contributed by atoms with van der Waals surface area (Å²) in [4.78, 5) is 1.17. The van der Waals surface area contributed by atoms with Crippen LogP contribution >= 0.6 is 24.4 Å². The molecule has 0 aliphatic rings. The number of rotatable bonds is 1. The molecule has 0 rings (SSSR count). The molecule has 0 radical (unpaired) electrons. The predicted octanol–water partition coefficient (Wildman–Crippen LogP) is 3.07. The van der Waals surface area contributed by atoms with Crippen LogP contribution in [0.25, 0.3) is 0 Å². The molecule has 0 saturated heterocycles. The lowest BCUT2D eigenvalue weighted by Gasteiger charge is -1.79. The standard InChI is InChI=1S/C4H8S.C3H4.CH4S/c1-4(2)5-3;1-3-2;1-2/h1H2,2-3H3;1H,2H3;2H,1H3. The maximum absolute atomic E-state index is 4.60. The van der Waals surface area contributed by atoms with Crippen molar-refractivity contribution in [2.24, 2.45) is 0 Å². The zero-order valence-electron chi connectivity index (χ0n) is 7.14. The largest absolute Gasteiger partial charge is 0.183 e. The van der Waals surface area contributed by atoms with Gasteiger partial charge in [0.25, 0.3) is 0 Å². The van der Waals surface area contributed by atoms with Crippen molar-refractivity contribution in [3.63, 3.8) is 0 Å². The van der Waals surface area contributed by atoms with Gasteiger partial charge in [0.05, 0.1) is 0 Å². The molecule has 0 aromatic heterocycles. The van der Waals surface area contributed by atoms with Crippen LogP contribution < -0.4 is 0 Å². The number of hydrogen-bond acceptors (Lipinski definition) is 2. The number of terminal acetylenes is 1. The van der Waals surface area contributed by atoms with Crippen molar-refractivity contribution in [1.29, 1.82) is 0 Å².